The minimum Gasteiger partial charge on any atom is -0.278 e. The molecule has 29 heavy (non-hydrogen) atoms. The Hall–Kier alpha value is -3.55. The average Bonchev–Trinajstić information content (AvgIpc) is 2.73. The number of fused-ring (bicyclic) bond motifs is 1. The lowest BCUT2D eigenvalue weighted by atomic mass is 10.0. The fraction of sp³-hybridized carbons (Fsp3) is 0.0400. The predicted molar refractivity (Wildman–Crippen MR) is 118 cm³/mol. The normalized spacial score (nSPS) is 10.9. The van der Waals surface area contributed by atoms with Crippen LogP contribution in [0.25, 0.3) is 10.8 Å². The second kappa shape index (κ2) is 7.83. The molecule has 0 aliphatic heterocycles. The van der Waals surface area contributed by atoms with Gasteiger partial charge in [0.05, 0.1) is 10.6 Å². The Bertz CT molecular complexity index is 1340. The summed E-state index contributed by atoms with van der Waals surface area (Å²) in [5.74, 6) is 6.32. The summed E-state index contributed by atoms with van der Waals surface area (Å²) < 4.78 is 28.2. The highest BCUT2D eigenvalue weighted by atomic mass is 32.2. The van der Waals surface area contributed by atoms with E-state index in [1.807, 2.05) is 61.5 Å². The molecule has 0 spiro atoms. The summed E-state index contributed by atoms with van der Waals surface area (Å²) in [6.07, 6.45) is 0. The molecule has 0 aliphatic rings. The van der Waals surface area contributed by atoms with Crippen molar-refractivity contribution in [2.45, 2.75) is 11.8 Å². The highest BCUT2D eigenvalue weighted by Crippen LogP contribution is 2.21. The van der Waals surface area contributed by atoms with Crippen molar-refractivity contribution >= 4 is 26.5 Å². The highest BCUT2D eigenvalue weighted by Gasteiger charge is 2.15. The van der Waals surface area contributed by atoms with Gasteiger partial charge >= 0.3 is 0 Å². The fourth-order valence-corrected chi connectivity index (χ4v) is 4.15. The number of hydrogen-bond acceptors (Lipinski definition) is 2. The second-order valence-electron chi connectivity index (χ2n) is 6.74. The number of nitrogens with one attached hydrogen (secondary N) is 1. The topological polar surface area (TPSA) is 46.2 Å². The van der Waals surface area contributed by atoms with Gasteiger partial charge in [-0.1, -0.05) is 78.1 Å². The van der Waals surface area contributed by atoms with Gasteiger partial charge in [-0.25, -0.2) is 8.42 Å². The molecule has 0 bridgehead atoms. The van der Waals surface area contributed by atoms with Crippen LogP contribution in [0.2, 0.25) is 0 Å². The van der Waals surface area contributed by atoms with Crippen molar-refractivity contribution in [1.82, 2.24) is 0 Å². The highest BCUT2D eigenvalue weighted by molar-refractivity contribution is 7.92. The predicted octanol–water partition coefficient (Wildman–Crippen LogP) is 5.35. The van der Waals surface area contributed by atoms with Gasteiger partial charge in [0.15, 0.2) is 0 Å². The van der Waals surface area contributed by atoms with E-state index >= 15 is 0 Å². The number of anilines is 1. The molecule has 0 atom stereocenters. The average molecular weight is 397 g/mol. The maximum absolute atomic E-state index is 12.8. The third kappa shape index (κ3) is 4.16. The van der Waals surface area contributed by atoms with Gasteiger partial charge in [-0.2, -0.15) is 0 Å². The van der Waals surface area contributed by atoms with Crippen molar-refractivity contribution in [2.75, 3.05) is 4.72 Å². The molecule has 0 amide bonds. The smallest absolute Gasteiger partial charge is 0.261 e. The van der Waals surface area contributed by atoms with Gasteiger partial charge in [-0.3, -0.25) is 4.72 Å². The summed E-state index contributed by atoms with van der Waals surface area (Å²) in [4.78, 5) is 0.222. The number of aryl methyl sites for hydroxylation is 1. The lowest BCUT2D eigenvalue weighted by Gasteiger charge is -2.10. The molecular formula is C25H19NO2S. The van der Waals surface area contributed by atoms with Gasteiger partial charge in [0, 0.05) is 11.1 Å². The van der Waals surface area contributed by atoms with E-state index in [9.17, 15) is 8.42 Å². The summed E-state index contributed by atoms with van der Waals surface area (Å²) in [6, 6.07) is 28.0. The Labute approximate surface area is 171 Å². The van der Waals surface area contributed by atoms with E-state index in [4.69, 9.17) is 0 Å². The summed E-state index contributed by atoms with van der Waals surface area (Å²) in [5, 5.41) is 2.19. The molecule has 0 unspecified atom stereocenters. The van der Waals surface area contributed by atoms with Gasteiger partial charge in [0.25, 0.3) is 10.0 Å². The first-order valence-electron chi connectivity index (χ1n) is 9.21. The number of sulfonamides is 1. The zero-order valence-electron chi connectivity index (χ0n) is 15.9. The van der Waals surface area contributed by atoms with E-state index in [1.165, 1.54) is 0 Å². The van der Waals surface area contributed by atoms with Crippen LogP contribution in [0.3, 0.4) is 0 Å². The minimum absolute atomic E-state index is 0.222. The molecule has 0 saturated heterocycles. The van der Waals surface area contributed by atoms with E-state index in [0.29, 0.717) is 11.3 Å². The van der Waals surface area contributed by atoms with Crippen molar-refractivity contribution in [1.29, 1.82) is 0 Å². The number of rotatable bonds is 3. The third-order valence-corrected chi connectivity index (χ3v) is 6.01. The lowest BCUT2D eigenvalue weighted by Crippen LogP contribution is -2.13. The molecule has 1 N–H and O–H groups in total. The van der Waals surface area contributed by atoms with Crippen molar-refractivity contribution in [3.05, 3.63) is 108 Å². The summed E-state index contributed by atoms with van der Waals surface area (Å²) in [5.41, 5.74) is 2.99. The molecule has 0 aliphatic carbocycles. The van der Waals surface area contributed by atoms with E-state index in [1.54, 1.807) is 36.4 Å². The zero-order valence-corrected chi connectivity index (χ0v) is 16.7. The van der Waals surface area contributed by atoms with Crippen molar-refractivity contribution in [3.8, 4) is 11.8 Å². The maximum atomic E-state index is 12.8. The number of hydrogen-bond donors (Lipinski definition) is 1. The Kier molecular flexibility index (Phi) is 5.07. The molecule has 142 valence electrons. The van der Waals surface area contributed by atoms with Crippen molar-refractivity contribution in [2.24, 2.45) is 0 Å². The summed E-state index contributed by atoms with van der Waals surface area (Å²) >= 11 is 0. The summed E-state index contributed by atoms with van der Waals surface area (Å²) in [7, 11) is -3.69. The van der Waals surface area contributed by atoms with Gasteiger partial charge < -0.3 is 0 Å². The van der Waals surface area contributed by atoms with E-state index in [2.05, 4.69) is 16.6 Å². The van der Waals surface area contributed by atoms with Gasteiger partial charge in [-0.05, 0) is 48.0 Å². The van der Waals surface area contributed by atoms with Crippen molar-refractivity contribution < 1.29 is 8.42 Å². The first-order valence-corrected chi connectivity index (χ1v) is 10.7. The van der Waals surface area contributed by atoms with Crippen molar-refractivity contribution in [3.63, 3.8) is 0 Å². The Morgan fingerprint density at radius 2 is 1.31 bits per heavy atom. The van der Waals surface area contributed by atoms with Gasteiger partial charge in [0.2, 0.25) is 0 Å². The van der Waals surface area contributed by atoms with Crippen LogP contribution in [0.15, 0.2) is 95.9 Å². The zero-order chi connectivity index (χ0) is 20.3. The number of para-hydroxylation sites is 1. The van der Waals surface area contributed by atoms with E-state index in [-0.39, 0.29) is 4.90 Å². The molecule has 4 aromatic rings. The molecule has 0 saturated carbocycles. The molecule has 0 aromatic heterocycles. The van der Waals surface area contributed by atoms with Crippen LogP contribution in [0.1, 0.15) is 16.7 Å². The third-order valence-electron chi connectivity index (χ3n) is 4.62. The Balaban J connectivity index is 1.70. The lowest BCUT2D eigenvalue weighted by molar-refractivity contribution is 0.601. The molecule has 4 aromatic carbocycles. The first-order chi connectivity index (χ1) is 14.0. The van der Waals surface area contributed by atoms with E-state index < -0.39 is 10.0 Å². The van der Waals surface area contributed by atoms with Crippen LogP contribution < -0.4 is 4.72 Å². The molecule has 0 fully saturated rings. The molecular weight excluding hydrogens is 378 g/mol. The second-order valence-corrected chi connectivity index (χ2v) is 8.42. The molecule has 4 heteroatoms. The van der Waals surface area contributed by atoms with Crippen LogP contribution in [-0.4, -0.2) is 8.42 Å². The van der Waals surface area contributed by atoms with E-state index in [0.717, 1.165) is 21.9 Å². The largest absolute Gasteiger partial charge is 0.278 e. The maximum Gasteiger partial charge on any atom is 0.261 e. The SMILES string of the molecule is Cc1ccc(S(=O)(=O)Nc2ccccc2C#Cc2cccc3ccccc23)cc1. The quantitative estimate of drug-likeness (QED) is 0.474. The van der Waals surface area contributed by atoms with Crippen LogP contribution in [0.4, 0.5) is 5.69 Å². The monoisotopic (exact) mass is 397 g/mol. The Morgan fingerprint density at radius 3 is 2.14 bits per heavy atom. The summed E-state index contributed by atoms with van der Waals surface area (Å²) in [6.45, 7) is 1.92. The number of benzene rings is 4. The molecule has 0 heterocycles. The minimum atomic E-state index is -3.69. The first kappa shape index (κ1) is 18.8. The fourth-order valence-electron chi connectivity index (χ4n) is 3.07. The van der Waals surface area contributed by atoms with Crippen LogP contribution in [0, 0.1) is 18.8 Å². The van der Waals surface area contributed by atoms with Crippen LogP contribution >= 0.6 is 0 Å². The standard InChI is InChI=1S/C25H19NO2S/c1-19-13-17-23(18-14-19)29(27,28)26-25-12-5-3-8-22(25)16-15-21-10-6-9-20-7-2-4-11-24(20)21/h2-14,17-18,26H,1H3. The molecule has 3 nitrogen and oxygen atoms in total. The van der Waals surface area contributed by atoms with Gasteiger partial charge in [-0.15, -0.1) is 0 Å². The molecule has 4 rings (SSSR count). The van der Waals surface area contributed by atoms with Gasteiger partial charge in [0.1, 0.15) is 0 Å². The molecule has 0 radical (unpaired) electrons. The van der Waals surface area contributed by atoms with Crippen LogP contribution in [0.5, 0.6) is 0 Å². The van der Waals surface area contributed by atoms with Crippen LogP contribution in [-0.2, 0) is 10.0 Å². The Morgan fingerprint density at radius 1 is 0.690 bits per heavy atom.